The van der Waals surface area contributed by atoms with E-state index in [4.69, 9.17) is 4.74 Å². The summed E-state index contributed by atoms with van der Waals surface area (Å²) < 4.78 is 5.32. The first-order chi connectivity index (χ1) is 16.0. The summed E-state index contributed by atoms with van der Waals surface area (Å²) >= 11 is 2.74. The highest BCUT2D eigenvalue weighted by atomic mass is 32.1. The van der Waals surface area contributed by atoms with Gasteiger partial charge < -0.3 is 15.4 Å². The summed E-state index contributed by atoms with van der Waals surface area (Å²) in [7, 11) is 1.51. The van der Waals surface area contributed by atoms with Crippen LogP contribution in [0.2, 0.25) is 0 Å². The quantitative estimate of drug-likeness (QED) is 0.310. The van der Waals surface area contributed by atoms with Crippen molar-refractivity contribution in [1.82, 2.24) is 15.2 Å². The highest BCUT2D eigenvalue weighted by Gasteiger charge is 2.19. The van der Waals surface area contributed by atoms with Gasteiger partial charge in [0.05, 0.1) is 24.9 Å². The lowest BCUT2D eigenvalue weighted by molar-refractivity contribution is 0.103. The molecule has 4 aromatic rings. The lowest BCUT2D eigenvalue weighted by atomic mass is 9.99. The number of aryl methyl sites for hydroxylation is 1. The molecule has 2 aromatic carbocycles. The first-order valence-electron chi connectivity index (χ1n) is 9.84. The van der Waals surface area contributed by atoms with E-state index in [-0.39, 0.29) is 5.78 Å². The highest BCUT2D eigenvalue weighted by molar-refractivity contribution is 7.15. The van der Waals surface area contributed by atoms with Gasteiger partial charge in [-0.2, -0.15) is 0 Å². The molecule has 0 aliphatic rings. The van der Waals surface area contributed by atoms with Crippen molar-refractivity contribution in [1.29, 1.82) is 0 Å². The molecule has 0 atom stereocenters. The van der Waals surface area contributed by atoms with Crippen LogP contribution in [-0.2, 0) is 6.54 Å². The number of aromatic nitrogens is 3. The maximum absolute atomic E-state index is 13.2. The molecule has 2 heterocycles. The van der Waals surface area contributed by atoms with Crippen LogP contribution in [0.5, 0.6) is 5.75 Å². The smallest absolute Gasteiger partial charge is 0.325 e. The van der Waals surface area contributed by atoms with Crippen LogP contribution in [0.3, 0.4) is 0 Å². The number of hydrogen-bond acceptors (Lipinski definition) is 9. The molecule has 0 fully saturated rings. The van der Waals surface area contributed by atoms with Crippen molar-refractivity contribution >= 4 is 50.4 Å². The number of benzene rings is 2. The van der Waals surface area contributed by atoms with E-state index in [0.29, 0.717) is 39.4 Å². The number of thiazole rings is 1. The second-order valence-corrected chi connectivity index (χ2v) is 8.84. The van der Waals surface area contributed by atoms with Gasteiger partial charge in [0.25, 0.3) is 0 Å². The number of rotatable bonds is 8. The predicted octanol–water partition coefficient (Wildman–Crippen LogP) is 4.80. The monoisotopic (exact) mass is 480 g/mol. The number of nitrogens with zero attached hydrogens (tertiary/aromatic N) is 3. The number of hydrogen-bond donors (Lipinski definition) is 3. The Kier molecular flexibility index (Phi) is 6.91. The van der Waals surface area contributed by atoms with E-state index in [0.717, 1.165) is 10.4 Å². The Labute approximate surface area is 197 Å². The fraction of sp³-hybridized carbons (Fsp3) is 0.136. The largest absolute Gasteiger partial charge is 0.496 e. The molecule has 0 saturated carbocycles. The van der Waals surface area contributed by atoms with Gasteiger partial charge in [-0.05, 0) is 31.2 Å². The van der Waals surface area contributed by atoms with Gasteiger partial charge in [-0.25, -0.2) is 9.78 Å². The van der Waals surface area contributed by atoms with Crippen molar-refractivity contribution in [3.8, 4) is 5.75 Å². The lowest BCUT2D eigenvalue weighted by Crippen LogP contribution is -2.21. The summed E-state index contributed by atoms with van der Waals surface area (Å²) in [5.74, 6) is 0.225. The number of ketones is 1. The van der Waals surface area contributed by atoms with E-state index in [2.05, 4.69) is 31.1 Å². The van der Waals surface area contributed by atoms with Crippen LogP contribution in [-0.4, -0.2) is 34.1 Å². The third kappa shape index (κ3) is 5.51. The van der Waals surface area contributed by atoms with E-state index in [1.807, 2.05) is 13.0 Å². The Balaban J connectivity index is 1.46. The van der Waals surface area contributed by atoms with Crippen LogP contribution in [0.15, 0.2) is 54.2 Å². The number of carbonyl (C=O) groups is 2. The molecule has 0 saturated heterocycles. The topological polar surface area (TPSA) is 118 Å². The number of anilines is 3. The van der Waals surface area contributed by atoms with E-state index in [1.165, 1.54) is 29.8 Å². The molecule has 0 unspecified atom stereocenters. The number of methoxy groups -OCH3 is 1. The van der Waals surface area contributed by atoms with E-state index < -0.39 is 6.03 Å². The minimum absolute atomic E-state index is 0.245. The molecule has 0 spiro atoms. The zero-order chi connectivity index (χ0) is 23.2. The van der Waals surface area contributed by atoms with Gasteiger partial charge in [0, 0.05) is 16.6 Å². The van der Waals surface area contributed by atoms with Crippen LogP contribution in [0.4, 0.5) is 20.7 Å². The van der Waals surface area contributed by atoms with Crippen LogP contribution in [0.1, 0.15) is 26.4 Å². The lowest BCUT2D eigenvalue weighted by Gasteiger charge is -2.13. The maximum atomic E-state index is 13.2. The average molecular weight is 481 g/mol. The molecule has 4 rings (SSSR count). The molecule has 2 aromatic heterocycles. The van der Waals surface area contributed by atoms with Crippen molar-refractivity contribution < 1.29 is 14.3 Å². The Bertz CT molecular complexity index is 1270. The van der Waals surface area contributed by atoms with E-state index in [9.17, 15) is 9.59 Å². The van der Waals surface area contributed by atoms with Gasteiger partial charge in [-0.1, -0.05) is 46.4 Å². The molecule has 168 valence electrons. The molecular formula is C22H20N6O3S2. The number of nitrogens with one attached hydrogen (secondary N) is 3. The minimum atomic E-state index is -0.495. The standard InChI is InChI=1S/C22H20N6O3S2/c1-13-7-8-17(16(9-13)19(29)15-5-3-4-6-18(15)31-2)26-20(30)27-21-23-10-14(33-21)11-24-22-28-25-12-32-22/h3-10,12H,11H2,1-2H3,(H,24,28)(H2,23,26,27,30). The predicted molar refractivity (Wildman–Crippen MR) is 130 cm³/mol. The minimum Gasteiger partial charge on any atom is -0.496 e. The number of para-hydroxylation sites is 1. The van der Waals surface area contributed by atoms with Gasteiger partial charge in [-0.3, -0.25) is 10.1 Å². The van der Waals surface area contributed by atoms with Crippen LogP contribution < -0.4 is 20.7 Å². The Morgan fingerprint density at radius 3 is 2.70 bits per heavy atom. The van der Waals surface area contributed by atoms with Gasteiger partial charge in [-0.15, -0.1) is 10.2 Å². The van der Waals surface area contributed by atoms with Gasteiger partial charge >= 0.3 is 6.03 Å². The van der Waals surface area contributed by atoms with E-state index >= 15 is 0 Å². The molecule has 11 heteroatoms. The van der Waals surface area contributed by atoms with Gasteiger partial charge in [0.1, 0.15) is 11.3 Å². The highest BCUT2D eigenvalue weighted by Crippen LogP contribution is 2.27. The van der Waals surface area contributed by atoms with Gasteiger partial charge in [0.15, 0.2) is 10.9 Å². The molecule has 0 radical (unpaired) electrons. The van der Waals surface area contributed by atoms with Crippen LogP contribution in [0, 0.1) is 6.92 Å². The number of amides is 2. The molecule has 3 N–H and O–H groups in total. The molecule has 0 aliphatic carbocycles. The molecule has 2 amide bonds. The first kappa shape index (κ1) is 22.4. The summed E-state index contributed by atoms with van der Waals surface area (Å²) in [6.07, 6.45) is 1.68. The number of urea groups is 1. The molecule has 0 bridgehead atoms. The SMILES string of the molecule is COc1ccccc1C(=O)c1cc(C)ccc1NC(=O)Nc1ncc(CNc2nncs2)s1. The zero-order valence-corrected chi connectivity index (χ0v) is 19.4. The number of ether oxygens (including phenoxy) is 1. The third-order valence-electron chi connectivity index (χ3n) is 4.57. The summed E-state index contributed by atoms with van der Waals surface area (Å²) in [6.45, 7) is 2.40. The maximum Gasteiger partial charge on any atom is 0.325 e. The van der Waals surface area contributed by atoms with Crippen molar-refractivity contribution in [3.05, 3.63) is 75.7 Å². The molecular weight excluding hydrogens is 460 g/mol. The second kappa shape index (κ2) is 10.2. The molecule has 9 nitrogen and oxygen atoms in total. The van der Waals surface area contributed by atoms with Crippen molar-refractivity contribution in [2.75, 3.05) is 23.1 Å². The second-order valence-electron chi connectivity index (χ2n) is 6.89. The van der Waals surface area contributed by atoms with Crippen LogP contribution >= 0.6 is 22.7 Å². The van der Waals surface area contributed by atoms with E-state index in [1.54, 1.807) is 48.1 Å². The summed E-state index contributed by atoms with van der Waals surface area (Å²) in [5.41, 5.74) is 3.72. The Morgan fingerprint density at radius 2 is 1.91 bits per heavy atom. The normalized spacial score (nSPS) is 10.5. The third-order valence-corrected chi connectivity index (χ3v) is 6.13. The van der Waals surface area contributed by atoms with Gasteiger partial charge in [0.2, 0.25) is 5.13 Å². The van der Waals surface area contributed by atoms with Crippen molar-refractivity contribution in [2.45, 2.75) is 13.5 Å². The fourth-order valence-corrected chi connectivity index (χ4v) is 4.23. The summed E-state index contributed by atoms with van der Waals surface area (Å²) in [6, 6.07) is 11.8. The number of carbonyl (C=O) groups excluding carboxylic acids is 2. The fourth-order valence-electron chi connectivity index (χ4n) is 3.04. The summed E-state index contributed by atoms with van der Waals surface area (Å²) in [4.78, 5) is 31.0. The first-order valence-corrected chi connectivity index (χ1v) is 11.5. The van der Waals surface area contributed by atoms with Crippen molar-refractivity contribution in [2.24, 2.45) is 0 Å². The summed E-state index contributed by atoms with van der Waals surface area (Å²) in [5, 5.41) is 17.5. The van der Waals surface area contributed by atoms with Crippen molar-refractivity contribution in [3.63, 3.8) is 0 Å². The Morgan fingerprint density at radius 1 is 1.06 bits per heavy atom. The average Bonchev–Trinajstić information content (AvgIpc) is 3.50. The molecule has 33 heavy (non-hydrogen) atoms. The molecule has 0 aliphatic heterocycles. The van der Waals surface area contributed by atoms with Crippen LogP contribution in [0.25, 0.3) is 0 Å². The Hall–Kier alpha value is -3.83. The zero-order valence-electron chi connectivity index (χ0n) is 17.8.